The van der Waals surface area contributed by atoms with Crippen LogP contribution < -0.4 is 15.4 Å². The Morgan fingerprint density at radius 3 is 1.75 bits per heavy atom. The topological polar surface area (TPSA) is 48.9 Å². The Bertz CT molecular complexity index is 697. The van der Waals surface area contributed by atoms with Crippen molar-refractivity contribution in [2.24, 2.45) is 4.99 Å². The highest BCUT2D eigenvalue weighted by molar-refractivity contribution is 14.0. The van der Waals surface area contributed by atoms with Crippen LogP contribution in [0.1, 0.15) is 30.5 Å². The number of hydrogen-bond acceptors (Lipinski definition) is 3. The van der Waals surface area contributed by atoms with Crippen LogP contribution in [0.3, 0.4) is 0 Å². The van der Waals surface area contributed by atoms with E-state index in [0.29, 0.717) is 6.54 Å². The predicted octanol–water partition coefficient (Wildman–Crippen LogP) is 4.02. The van der Waals surface area contributed by atoms with Gasteiger partial charge in [-0.2, -0.15) is 0 Å². The van der Waals surface area contributed by atoms with E-state index in [2.05, 4.69) is 58.6 Å². The molecule has 5 nitrogen and oxygen atoms in total. The normalized spacial score (nSPS) is 11.1. The zero-order valence-electron chi connectivity index (χ0n) is 17.4. The SMILES string of the molecule is CCN(CC)Cc1ccc(CNC(=NC)NCc2ccc(OC)cc2)cc1.I. The molecule has 0 bridgehead atoms. The van der Waals surface area contributed by atoms with Gasteiger partial charge in [-0.1, -0.05) is 50.2 Å². The highest BCUT2D eigenvalue weighted by Gasteiger charge is 2.03. The van der Waals surface area contributed by atoms with E-state index < -0.39 is 0 Å². The molecule has 0 radical (unpaired) electrons. The van der Waals surface area contributed by atoms with Crippen molar-refractivity contribution in [1.82, 2.24) is 15.5 Å². The van der Waals surface area contributed by atoms with Crippen molar-refractivity contribution in [1.29, 1.82) is 0 Å². The number of guanidine groups is 1. The number of aliphatic imine (C=N–C) groups is 1. The summed E-state index contributed by atoms with van der Waals surface area (Å²) in [7, 11) is 3.46. The Morgan fingerprint density at radius 2 is 1.32 bits per heavy atom. The monoisotopic (exact) mass is 496 g/mol. The van der Waals surface area contributed by atoms with Crippen molar-refractivity contribution >= 4 is 29.9 Å². The molecule has 0 heterocycles. The van der Waals surface area contributed by atoms with Crippen molar-refractivity contribution in [2.45, 2.75) is 33.5 Å². The number of ether oxygens (including phenoxy) is 1. The van der Waals surface area contributed by atoms with Gasteiger partial charge in [-0.05, 0) is 41.9 Å². The van der Waals surface area contributed by atoms with Gasteiger partial charge >= 0.3 is 0 Å². The molecular formula is C22H33IN4O. The molecule has 0 atom stereocenters. The van der Waals surface area contributed by atoms with Gasteiger partial charge in [0.15, 0.2) is 5.96 Å². The second-order valence-corrected chi connectivity index (χ2v) is 6.41. The summed E-state index contributed by atoms with van der Waals surface area (Å²) in [6.45, 7) is 9.02. The second kappa shape index (κ2) is 13.4. The lowest BCUT2D eigenvalue weighted by molar-refractivity contribution is 0.296. The molecule has 2 N–H and O–H groups in total. The maximum absolute atomic E-state index is 5.19. The first kappa shape index (κ1) is 24.2. The lowest BCUT2D eigenvalue weighted by Gasteiger charge is -2.18. The summed E-state index contributed by atoms with van der Waals surface area (Å²) in [5, 5.41) is 6.70. The van der Waals surface area contributed by atoms with Gasteiger partial charge < -0.3 is 15.4 Å². The van der Waals surface area contributed by atoms with Gasteiger partial charge in [0.2, 0.25) is 0 Å². The first-order valence-corrected chi connectivity index (χ1v) is 9.56. The van der Waals surface area contributed by atoms with Crippen molar-refractivity contribution in [3.05, 3.63) is 65.2 Å². The summed E-state index contributed by atoms with van der Waals surface area (Å²) in [6.07, 6.45) is 0. The number of benzene rings is 2. The number of methoxy groups -OCH3 is 1. The van der Waals surface area contributed by atoms with Gasteiger partial charge in [-0.3, -0.25) is 9.89 Å². The van der Waals surface area contributed by atoms with Crippen LogP contribution in [0.25, 0.3) is 0 Å². The summed E-state index contributed by atoms with van der Waals surface area (Å²) in [5.74, 6) is 1.66. The standard InChI is InChI=1S/C22H32N4O.HI/c1-5-26(6-2)17-20-9-7-18(8-10-20)15-24-22(23-3)25-16-19-11-13-21(27-4)14-12-19;/h7-14H,5-6,15-17H2,1-4H3,(H2,23,24,25);1H. The van der Waals surface area contributed by atoms with Crippen molar-refractivity contribution in [3.63, 3.8) is 0 Å². The molecule has 0 aliphatic carbocycles. The summed E-state index contributed by atoms with van der Waals surface area (Å²) in [6, 6.07) is 16.8. The van der Waals surface area contributed by atoms with Crippen molar-refractivity contribution in [3.8, 4) is 5.75 Å². The van der Waals surface area contributed by atoms with E-state index in [1.165, 1.54) is 16.7 Å². The Morgan fingerprint density at radius 1 is 0.857 bits per heavy atom. The molecule has 0 aliphatic rings. The molecule has 28 heavy (non-hydrogen) atoms. The van der Waals surface area contributed by atoms with Crippen LogP contribution >= 0.6 is 24.0 Å². The quantitative estimate of drug-likeness (QED) is 0.313. The molecule has 2 rings (SSSR count). The summed E-state index contributed by atoms with van der Waals surface area (Å²) < 4.78 is 5.19. The van der Waals surface area contributed by atoms with Gasteiger partial charge in [-0.15, -0.1) is 24.0 Å². The Balaban J connectivity index is 0.00000392. The van der Waals surface area contributed by atoms with Gasteiger partial charge in [0.05, 0.1) is 7.11 Å². The van der Waals surface area contributed by atoms with Crippen LogP contribution in [0.4, 0.5) is 0 Å². The third kappa shape index (κ3) is 8.06. The van der Waals surface area contributed by atoms with E-state index >= 15 is 0 Å². The molecule has 0 aromatic heterocycles. The van der Waals surface area contributed by atoms with E-state index in [9.17, 15) is 0 Å². The smallest absolute Gasteiger partial charge is 0.191 e. The lowest BCUT2D eigenvalue weighted by Crippen LogP contribution is -2.36. The number of nitrogens with one attached hydrogen (secondary N) is 2. The Kier molecular flexibility index (Phi) is 11.6. The first-order chi connectivity index (χ1) is 13.2. The molecule has 0 saturated carbocycles. The molecular weight excluding hydrogens is 463 g/mol. The fraction of sp³-hybridized carbons (Fsp3) is 0.409. The fourth-order valence-corrected chi connectivity index (χ4v) is 2.80. The van der Waals surface area contributed by atoms with E-state index in [1.54, 1.807) is 14.2 Å². The molecule has 0 spiro atoms. The van der Waals surface area contributed by atoms with Crippen LogP contribution in [0.15, 0.2) is 53.5 Å². The zero-order valence-corrected chi connectivity index (χ0v) is 19.7. The number of hydrogen-bond donors (Lipinski definition) is 2. The van der Waals surface area contributed by atoms with Gasteiger partial charge in [0.25, 0.3) is 0 Å². The third-order valence-corrected chi connectivity index (χ3v) is 4.63. The van der Waals surface area contributed by atoms with Crippen LogP contribution in [-0.4, -0.2) is 38.1 Å². The molecule has 154 valence electrons. The van der Waals surface area contributed by atoms with Crippen molar-refractivity contribution < 1.29 is 4.74 Å². The summed E-state index contributed by atoms with van der Waals surface area (Å²) in [5.41, 5.74) is 3.77. The fourth-order valence-electron chi connectivity index (χ4n) is 2.80. The van der Waals surface area contributed by atoms with E-state index in [-0.39, 0.29) is 24.0 Å². The number of rotatable bonds is 9. The van der Waals surface area contributed by atoms with Crippen LogP contribution in [0.2, 0.25) is 0 Å². The molecule has 0 fully saturated rings. The minimum Gasteiger partial charge on any atom is -0.497 e. The highest BCUT2D eigenvalue weighted by atomic mass is 127. The van der Waals surface area contributed by atoms with E-state index in [1.807, 2.05) is 24.3 Å². The van der Waals surface area contributed by atoms with Crippen LogP contribution in [0, 0.1) is 0 Å². The highest BCUT2D eigenvalue weighted by Crippen LogP contribution is 2.11. The molecule has 0 unspecified atom stereocenters. The van der Waals surface area contributed by atoms with Gasteiger partial charge in [-0.25, -0.2) is 0 Å². The predicted molar refractivity (Wildman–Crippen MR) is 129 cm³/mol. The number of nitrogens with zero attached hydrogens (tertiary/aromatic N) is 2. The lowest BCUT2D eigenvalue weighted by atomic mass is 10.1. The minimum absolute atomic E-state index is 0. The average Bonchev–Trinajstić information content (AvgIpc) is 2.73. The summed E-state index contributed by atoms with van der Waals surface area (Å²) in [4.78, 5) is 6.71. The molecule has 0 amide bonds. The largest absolute Gasteiger partial charge is 0.497 e. The van der Waals surface area contributed by atoms with E-state index in [0.717, 1.165) is 37.9 Å². The maximum atomic E-state index is 5.19. The van der Waals surface area contributed by atoms with E-state index in [4.69, 9.17) is 4.74 Å². The maximum Gasteiger partial charge on any atom is 0.191 e. The summed E-state index contributed by atoms with van der Waals surface area (Å²) >= 11 is 0. The number of halogens is 1. The molecule has 6 heteroatoms. The first-order valence-electron chi connectivity index (χ1n) is 9.56. The second-order valence-electron chi connectivity index (χ2n) is 6.41. The van der Waals surface area contributed by atoms with Crippen LogP contribution in [-0.2, 0) is 19.6 Å². The molecule has 2 aromatic rings. The minimum atomic E-state index is 0. The van der Waals surface area contributed by atoms with Gasteiger partial charge in [0, 0.05) is 26.7 Å². The zero-order chi connectivity index (χ0) is 19.5. The molecule has 2 aromatic carbocycles. The van der Waals surface area contributed by atoms with Gasteiger partial charge in [0.1, 0.15) is 5.75 Å². The average molecular weight is 496 g/mol. The third-order valence-electron chi connectivity index (χ3n) is 4.63. The van der Waals surface area contributed by atoms with Crippen LogP contribution in [0.5, 0.6) is 5.75 Å². The van der Waals surface area contributed by atoms with Crippen molar-refractivity contribution in [2.75, 3.05) is 27.2 Å². The molecule has 0 saturated heterocycles. The Hall–Kier alpha value is -1.80. The molecule has 0 aliphatic heterocycles. The Labute approximate surface area is 186 Å².